The van der Waals surface area contributed by atoms with Crippen molar-refractivity contribution in [2.75, 3.05) is 19.8 Å². The minimum atomic E-state index is -4.97. The molecule has 0 bridgehead atoms. The summed E-state index contributed by atoms with van der Waals surface area (Å²) in [5.41, 5.74) is -0.639. The van der Waals surface area contributed by atoms with Gasteiger partial charge in [0.2, 0.25) is 0 Å². The Morgan fingerprint density at radius 3 is 2.56 bits per heavy atom. The monoisotopic (exact) mass is 261 g/mol. The summed E-state index contributed by atoms with van der Waals surface area (Å²) in [6.45, 7) is -1.60. The standard InChI is InChI=1S/C12H17BF3O2/c1-2-3-7-17-8-9-18-12-6-4-5-11(10-12)13(14,15)16/h4-6,10H,2-3,7-9H2,1H3/q-1. The van der Waals surface area contributed by atoms with Crippen molar-refractivity contribution in [1.29, 1.82) is 0 Å². The summed E-state index contributed by atoms with van der Waals surface area (Å²) >= 11 is 0. The lowest BCUT2D eigenvalue weighted by Gasteiger charge is -2.16. The Morgan fingerprint density at radius 2 is 1.89 bits per heavy atom. The predicted molar refractivity (Wildman–Crippen MR) is 66.4 cm³/mol. The second-order valence-corrected chi connectivity index (χ2v) is 3.96. The van der Waals surface area contributed by atoms with Gasteiger partial charge in [-0.05, 0) is 18.6 Å². The lowest BCUT2D eigenvalue weighted by atomic mass is 9.80. The first-order valence-corrected chi connectivity index (χ1v) is 6.04. The Morgan fingerprint density at radius 1 is 1.11 bits per heavy atom. The molecule has 2 nitrogen and oxygen atoms in total. The first kappa shape index (κ1) is 14.9. The van der Waals surface area contributed by atoms with Crippen LogP contribution in [0.2, 0.25) is 0 Å². The highest BCUT2D eigenvalue weighted by Crippen LogP contribution is 2.14. The molecule has 0 fully saturated rings. The first-order chi connectivity index (χ1) is 8.54. The van der Waals surface area contributed by atoms with E-state index in [0.29, 0.717) is 13.2 Å². The summed E-state index contributed by atoms with van der Waals surface area (Å²) in [5.74, 6) is 0.228. The third-order valence-electron chi connectivity index (χ3n) is 2.37. The fourth-order valence-corrected chi connectivity index (χ4v) is 1.37. The lowest BCUT2D eigenvalue weighted by Crippen LogP contribution is -2.33. The van der Waals surface area contributed by atoms with E-state index < -0.39 is 12.4 Å². The third kappa shape index (κ3) is 5.45. The zero-order chi connectivity index (χ0) is 13.4. The molecule has 0 radical (unpaired) electrons. The van der Waals surface area contributed by atoms with E-state index in [1.165, 1.54) is 12.1 Å². The molecule has 0 saturated carbocycles. The maximum atomic E-state index is 12.5. The molecule has 0 unspecified atom stereocenters. The molecular formula is C12H17BF3O2-. The van der Waals surface area contributed by atoms with Crippen LogP contribution in [-0.4, -0.2) is 26.8 Å². The van der Waals surface area contributed by atoms with Gasteiger partial charge in [0, 0.05) is 6.61 Å². The van der Waals surface area contributed by atoms with Gasteiger partial charge in [-0.25, -0.2) is 0 Å². The van der Waals surface area contributed by atoms with E-state index in [2.05, 4.69) is 6.92 Å². The molecule has 0 atom stereocenters. The Bertz CT molecular complexity index is 355. The van der Waals surface area contributed by atoms with E-state index in [4.69, 9.17) is 9.47 Å². The molecule has 18 heavy (non-hydrogen) atoms. The first-order valence-electron chi connectivity index (χ1n) is 6.04. The molecule has 0 N–H and O–H groups in total. The van der Waals surface area contributed by atoms with Gasteiger partial charge in [0.15, 0.2) is 0 Å². The molecule has 0 aromatic heterocycles. The Hall–Kier alpha value is -1.17. The van der Waals surface area contributed by atoms with Gasteiger partial charge in [0.25, 0.3) is 0 Å². The molecule has 0 saturated heterocycles. The molecule has 0 spiro atoms. The van der Waals surface area contributed by atoms with Crippen LogP contribution in [0.3, 0.4) is 0 Å². The van der Waals surface area contributed by atoms with Crippen LogP contribution in [0.25, 0.3) is 0 Å². The van der Waals surface area contributed by atoms with Crippen LogP contribution in [0.5, 0.6) is 5.75 Å². The van der Waals surface area contributed by atoms with E-state index in [1.54, 1.807) is 0 Å². The SMILES string of the molecule is CCCCOCCOc1cccc([B-](F)(F)F)c1. The van der Waals surface area contributed by atoms with Crippen molar-refractivity contribution in [3.63, 3.8) is 0 Å². The molecule has 0 aliphatic carbocycles. The summed E-state index contributed by atoms with van der Waals surface area (Å²) in [6.07, 6.45) is 2.03. The molecule has 1 aromatic carbocycles. The molecule has 0 amide bonds. The van der Waals surface area contributed by atoms with E-state index in [1.807, 2.05) is 0 Å². The number of benzene rings is 1. The van der Waals surface area contributed by atoms with Crippen LogP contribution in [0, 0.1) is 0 Å². The Balaban J connectivity index is 2.34. The average molecular weight is 261 g/mol. The summed E-state index contributed by atoms with van der Waals surface area (Å²) in [5, 5.41) is 0. The summed E-state index contributed by atoms with van der Waals surface area (Å²) < 4.78 is 47.9. The maximum Gasteiger partial charge on any atom is 0.509 e. The molecule has 0 aliphatic rings. The van der Waals surface area contributed by atoms with Crippen molar-refractivity contribution < 1.29 is 22.4 Å². The predicted octanol–water partition coefficient (Wildman–Crippen LogP) is 2.94. The minimum absolute atomic E-state index is 0.228. The van der Waals surface area contributed by atoms with Crippen molar-refractivity contribution in [2.24, 2.45) is 0 Å². The number of hydrogen-bond donors (Lipinski definition) is 0. The highest BCUT2D eigenvalue weighted by Gasteiger charge is 2.25. The molecular weight excluding hydrogens is 244 g/mol. The topological polar surface area (TPSA) is 18.5 Å². The van der Waals surface area contributed by atoms with Gasteiger partial charge in [0.05, 0.1) is 6.61 Å². The van der Waals surface area contributed by atoms with E-state index >= 15 is 0 Å². The highest BCUT2D eigenvalue weighted by atomic mass is 19.4. The fraction of sp³-hybridized carbons (Fsp3) is 0.500. The number of rotatable bonds is 8. The van der Waals surface area contributed by atoms with Gasteiger partial charge in [-0.2, -0.15) is 0 Å². The Kier molecular flexibility index (Phi) is 6.05. The highest BCUT2D eigenvalue weighted by molar-refractivity contribution is 6.73. The molecule has 0 aliphatic heterocycles. The van der Waals surface area contributed by atoms with Crippen molar-refractivity contribution in [1.82, 2.24) is 0 Å². The zero-order valence-electron chi connectivity index (χ0n) is 10.4. The summed E-state index contributed by atoms with van der Waals surface area (Å²) in [6, 6.07) is 4.92. The average Bonchev–Trinajstić information content (AvgIpc) is 2.33. The van der Waals surface area contributed by atoms with E-state index in [0.717, 1.165) is 25.0 Å². The van der Waals surface area contributed by atoms with E-state index in [9.17, 15) is 12.9 Å². The van der Waals surface area contributed by atoms with Crippen LogP contribution < -0.4 is 10.2 Å². The van der Waals surface area contributed by atoms with Gasteiger partial charge in [0.1, 0.15) is 12.4 Å². The van der Waals surface area contributed by atoms with Crippen molar-refractivity contribution in [3.8, 4) is 5.75 Å². The summed E-state index contributed by atoms with van der Waals surface area (Å²) in [4.78, 5) is 0. The lowest BCUT2D eigenvalue weighted by molar-refractivity contribution is 0.0981. The smallest absolute Gasteiger partial charge is 0.491 e. The maximum absolute atomic E-state index is 12.5. The fourth-order valence-electron chi connectivity index (χ4n) is 1.37. The van der Waals surface area contributed by atoms with Crippen LogP contribution in [0.4, 0.5) is 12.9 Å². The van der Waals surface area contributed by atoms with Gasteiger partial charge in [-0.15, -0.1) is 5.46 Å². The zero-order valence-corrected chi connectivity index (χ0v) is 10.4. The van der Waals surface area contributed by atoms with Gasteiger partial charge in [-0.1, -0.05) is 25.5 Å². The van der Waals surface area contributed by atoms with Gasteiger partial charge >= 0.3 is 6.98 Å². The number of ether oxygens (including phenoxy) is 2. The minimum Gasteiger partial charge on any atom is -0.491 e. The van der Waals surface area contributed by atoms with Crippen LogP contribution >= 0.6 is 0 Å². The largest absolute Gasteiger partial charge is 0.509 e. The molecule has 6 heteroatoms. The van der Waals surface area contributed by atoms with Crippen molar-refractivity contribution in [3.05, 3.63) is 24.3 Å². The second-order valence-electron chi connectivity index (χ2n) is 3.96. The normalized spacial score (nSPS) is 11.6. The molecule has 1 rings (SSSR count). The van der Waals surface area contributed by atoms with Crippen molar-refractivity contribution >= 4 is 12.4 Å². The second kappa shape index (κ2) is 7.31. The molecule has 102 valence electrons. The van der Waals surface area contributed by atoms with Crippen LogP contribution in [0.1, 0.15) is 19.8 Å². The molecule has 0 heterocycles. The van der Waals surface area contributed by atoms with Gasteiger partial charge in [-0.3, -0.25) is 0 Å². The quantitative estimate of drug-likeness (QED) is 0.529. The van der Waals surface area contributed by atoms with Crippen molar-refractivity contribution in [2.45, 2.75) is 19.8 Å². The third-order valence-corrected chi connectivity index (χ3v) is 2.37. The molecule has 1 aromatic rings. The van der Waals surface area contributed by atoms with Crippen LogP contribution in [0.15, 0.2) is 24.3 Å². The van der Waals surface area contributed by atoms with Crippen LogP contribution in [-0.2, 0) is 4.74 Å². The van der Waals surface area contributed by atoms with Gasteiger partial charge < -0.3 is 22.4 Å². The van der Waals surface area contributed by atoms with E-state index in [-0.39, 0.29) is 12.4 Å². The number of unbranched alkanes of at least 4 members (excludes halogenated alkanes) is 1. The Labute approximate surface area is 105 Å². The summed E-state index contributed by atoms with van der Waals surface area (Å²) in [7, 11) is 0. The number of halogens is 3. The number of hydrogen-bond acceptors (Lipinski definition) is 2.